The van der Waals surface area contributed by atoms with Crippen LogP contribution in [0, 0.1) is 0 Å². The smallest absolute Gasteiger partial charge is 0.222 e. The van der Waals surface area contributed by atoms with Gasteiger partial charge >= 0.3 is 0 Å². The molecule has 9 heteroatoms. The van der Waals surface area contributed by atoms with Gasteiger partial charge in [0.2, 0.25) is 12.2 Å². The summed E-state index contributed by atoms with van der Waals surface area (Å²) in [7, 11) is 0. The molecule has 1 aliphatic heterocycles. The Labute approximate surface area is 134 Å². The molecule has 112 valence electrons. The highest BCUT2D eigenvalue weighted by molar-refractivity contribution is 6.30. The van der Waals surface area contributed by atoms with Gasteiger partial charge in [-0.25, -0.2) is 9.67 Å². The van der Waals surface area contributed by atoms with E-state index in [0.717, 1.165) is 22.8 Å². The Kier molecular flexibility index (Phi) is 2.45. The van der Waals surface area contributed by atoms with Crippen LogP contribution in [0.15, 0.2) is 41.6 Å². The van der Waals surface area contributed by atoms with E-state index in [4.69, 9.17) is 16.1 Å². The van der Waals surface area contributed by atoms with Crippen molar-refractivity contribution in [1.82, 2.24) is 34.7 Å². The van der Waals surface area contributed by atoms with Crippen molar-refractivity contribution in [3.05, 3.63) is 53.5 Å². The first-order chi connectivity index (χ1) is 11.3. The minimum absolute atomic E-state index is 0.454. The number of hydrogen-bond acceptors (Lipinski definition) is 6. The van der Waals surface area contributed by atoms with Gasteiger partial charge in [-0.1, -0.05) is 22.0 Å². The SMILES string of the molecule is Clc1ccc2c(c1)-n1nncc1Cc1c(-c3ncon3)ncn1-2. The minimum atomic E-state index is 0.454. The van der Waals surface area contributed by atoms with Gasteiger partial charge in [-0.15, -0.1) is 5.10 Å². The number of benzene rings is 1. The van der Waals surface area contributed by atoms with Crippen molar-refractivity contribution in [3.63, 3.8) is 0 Å². The highest BCUT2D eigenvalue weighted by Crippen LogP contribution is 2.32. The molecule has 0 fully saturated rings. The Morgan fingerprint density at radius 3 is 3.00 bits per heavy atom. The fraction of sp³-hybridized carbons (Fsp3) is 0.0714. The summed E-state index contributed by atoms with van der Waals surface area (Å²) in [5.74, 6) is 0.454. The molecule has 3 aromatic heterocycles. The lowest BCUT2D eigenvalue weighted by atomic mass is 10.2. The lowest BCUT2D eigenvalue weighted by molar-refractivity contribution is 0.418. The van der Waals surface area contributed by atoms with Gasteiger partial charge in [0.25, 0.3) is 0 Å². The summed E-state index contributed by atoms with van der Waals surface area (Å²) < 4.78 is 8.62. The largest absolute Gasteiger partial charge is 0.342 e. The third-order valence-corrected chi connectivity index (χ3v) is 4.07. The van der Waals surface area contributed by atoms with Crippen LogP contribution >= 0.6 is 11.6 Å². The average molecular weight is 326 g/mol. The summed E-state index contributed by atoms with van der Waals surface area (Å²) in [6, 6.07) is 5.62. The van der Waals surface area contributed by atoms with E-state index in [-0.39, 0.29) is 0 Å². The lowest BCUT2D eigenvalue weighted by Crippen LogP contribution is -2.03. The molecule has 0 bridgehead atoms. The molecule has 23 heavy (non-hydrogen) atoms. The van der Waals surface area contributed by atoms with Crippen LogP contribution in [0.5, 0.6) is 0 Å². The molecule has 5 rings (SSSR count). The summed E-state index contributed by atoms with van der Waals surface area (Å²) in [5, 5.41) is 12.7. The van der Waals surface area contributed by atoms with Crippen molar-refractivity contribution < 1.29 is 4.52 Å². The van der Waals surface area contributed by atoms with E-state index in [0.29, 0.717) is 23.0 Å². The van der Waals surface area contributed by atoms with Crippen LogP contribution < -0.4 is 0 Å². The predicted molar refractivity (Wildman–Crippen MR) is 79.6 cm³/mol. The molecule has 0 N–H and O–H groups in total. The zero-order valence-corrected chi connectivity index (χ0v) is 12.3. The second-order valence-electron chi connectivity index (χ2n) is 5.11. The van der Waals surface area contributed by atoms with Crippen LogP contribution in [0.2, 0.25) is 5.02 Å². The third kappa shape index (κ3) is 1.75. The van der Waals surface area contributed by atoms with Crippen LogP contribution in [-0.2, 0) is 6.42 Å². The third-order valence-electron chi connectivity index (χ3n) is 3.83. The maximum atomic E-state index is 6.16. The predicted octanol–water partition coefficient (Wildman–Crippen LogP) is 2.06. The van der Waals surface area contributed by atoms with E-state index < -0.39 is 0 Å². The van der Waals surface area contributed by atoms with Crippen LogP contribution in [0.3, 0.4) is 0 Å². The standard InChI is InChI=1S/C14H8ClN7O/c15-8-1-2-10-11(3-8)22-9(5-18-20-22)4-12-13(16-6-21(10)12)14-17-7-23-19-14/h1-3,5-7H,4H2. The van der Waals surface area contributed by atoms with Crippen molar-refractivity contribution in [3.8, 4) is 22.9 Å². The van der Waals surface area contributed by atoms with Crippen molar-refractivity contribution >= 4 is 11.6 Å². The Morgan fingerprint density at radius 2 is 2.13 bits per heavy atom. The topological polar surface area (TPSA) is 87.4 Å². The monoisotopic (exact) mass is 325 g/mol. The summed E-state index contributed by atoms with van der Waals surface area (Å²) in [6.07, 6.45) is 5.35. The number of imidazole rings is 1. The summed E-state index contributed by atoms with van der Waals surface area (Å²) in [4.78, 5) is 8.55. The molecular formula is C14H8ClN7O. The first kappa shape index (κ1) is 12.5. The zero-order chi connectivity index (χ0) is 15.4. The number of fused-ring (bicyclic) bond motifs is 5. The summed E-state index contributed by atoms with van der Waals surface area (Å²) in [6.45, 7) is 0. The molecule has 1 aromatic carbocycles. The molecule has 4 heterocycles. The van der Waals surface area contributed by atoms with E-state index in [1.165, 1.54) is 6.39 Å². The fourth-order valence-electron chi connectivity index (χ4n) is 2.83. The molecular weight excluding hydrogens is 318 g/mol. The van der Waals surface area contributed by atoms with E-state index >= 15 is 0 Å². The quantitative estimate of drug-likeness (QED) is 0.469. The molecule has 4 aromatic rings. The average Bonchev–Trinajstić information content (AvgIpc) is 3.27. The normalized spacial score (nSPS) is 12.4. The molecule has 0 atom stereocenters. The minimum Gasteiger partial charge on any atom is -0.342 e. The first-order valence-corrected chi connectivity index (χ1v) is 7.22. The Bertz CT molecular complexity index is 1020. The molecule has 1 aliphatic rings. The van der Waals surface area contributed by atoms with Crippen LogP contribution in [-0.4, -0.2) is 34.7 Å². The second-order valence-corrected chi connectivity index (χ2v) is 5.55. The number of rotatable bonds is 1. The van der Waals surface area contributed by atoms with Gasteiger partial charge in [-0.2, -0.15) is 4.98 Å². The van der Waals surface area contributed by atoms with E-state index in [1.54, 1.807) is 17.2 Å². The molecule has 0 unspecified atom stereocenters. The Balaban J connectivity index is 1.84. The second kappa shape index (κ2) is 4.50. The van der Waals surface area contributed by atoms with Gasteiger partial charge in [0.15, 0.2) is 0 Å². The molecule has 8 nitrogen and oxygen atoms in total. The van der Waals surface area contributed by atoms with Crippen molar-refractivity contribution in [1.29, 1.82) is 0 Å². The van der Waals surface area contributed by atoms with Gasteiger partial charge in [-0.05, 0) is 18.2 Å². The first-order valence-electron chi connectivity index (χ1n) is 6.84. The molecule has 0 amide bonds. The van der Waals surface area contributed by atoms with Gasteiger partial charge in [0.1, 0.15) is 12.0 Å². The fourth-order valence-corrected chi connectivity index (χ4v) is 3.00. The number of hydrogen-bond donors (Lipinski definition) is 0. The number of aromatic nitrogens is 7. The highest BCUT2D eigenvalue weighted by atomic mass is 35.5. The molecule has 0 saturated heterocycles. The van der Waals surface area contributed by atoms with Crippen molar-refractivity contribution in [2.45, 2.75) is 6.42 Å². The van der Waals surface area contributed by atoms with E-state index in [1.807, 2.05) is 22.8 Å². The highest BCUT2D eigenvalue weighted by Gasteiger charge is 2.25. The van der Waals surface area contributed by atoms with Gasteiger partial charge < -0.3 is 4.52 Å². The Hall–Kier alpha value is -3.00. The van der Waals surface area contributed by atoms with E-state index in [9.17, 15) is 0 Å². The van der Waals surface area contributed by atoms with Gasteiger partial charge in [0.05, 0.1) is 29.0 Å². The number of halogens is 1. The maximum Gasteiger partial charge on any atom is 0.222 e. The van der Waals surface area contributed by atoms with Gasteiger partial charge in [0, 0.05) is 11.4 Å². The molecule has 0 spiro atoms. The molecule has 0 radical (unpaired) electrons. The summed E-state index contributed by atoms with van der Waals surface area (Å²) >= 11 is 6.16. The van der Waals surface area contributed by atoms with Crippen molar-refractivity contribution in [2.24, 2.45) is 0 Å². The Morgan fingerprint density at radius 1 is 1.17 bits per heavy atom. The van der Waals surface area contributed by atoms with Crippen LogP contribution in [0.25, 0.3) is 22.9 Å². The summed E-state index contributed by atoms with van der Waals surface area (Å²) in [5.41, 5.74) is 4.31. The molecule has 0 aliphatic carbocycles. The van der Waals surface area contributed by atoms with E-state index in [2.05, 4.69) is 25.4 Å². The van der Waals surface area contributed by atoms with Crippen molar-refractivity contribution in [2.75, 3.05) is 0 Å². The van der Waals surface area contributed by atoms with Crippen LogP contribution in [0.1, 0.15) is 11.4 Å². The van der Waals surface area contributed by atoms with Crippen LogP contribution in [0.4, 0.5) is 0 Å². The maximum absolute atomic E-state index is 6.16. The number of nitrogens with zero attached hydrogens (tertiary/aromatic N) is 7. The lowest BCUT2D eigenvalue weighted by Gasteiger charge is -2.09. The zero-order valence-electron chi connectivity index (χ0n) is 11.6. The molecule has 0 saturated carbocycles. The van der Waals surface area contributed by atoms with Gasteiger partial charge in [-0.3, -0.25) is 4.57 Å².